The lowest BCUT2D eigenvalue weighted by atomic mass is 10.2. The van der Waals surface area contributed by atoms with E-state index in [9.17, 15) is 0 Å². The van der Waals surface area contributed by atoms with Crippen molar-refractivity contribution in [2.24, 2.45) is 0 Å². The molecule has 0 amide bonds. The number of nitrogens with one attached hydrogen (secondary N) is 1. The fourth-order valence-electron chi connectivity index (χ4n) is 1.71. The molecular formula is C12H15N3O2. The van der Waals surface area contributed by atoms with Crippen LogP contribution in [-0.4, -0.2) is 24.2 Å². The average Bonchev–Trinajstić information content (AvgIpc) is 2.95. The lowest BCUT2D eigenvalue weighted by Gasteiger charge is -2.09. The van der Waals surface area contributed by atoms with Gasteiger partial charge in [0.1, 0.15) is 6.07 Å². The van der Waals surface area contributed by atoms with Crippen LogP contribution in [0.1, 0.15) is 31.4 Å². The van der Waals surface area contributed by atoms with E-state index in [2.05, 4.69) is 16.9 Å². The number of nitriles is 1. The standard InChI is InChI=1S/C12H15N3O2/c1-8(2)11-15-10(6-13)12(17-11)14-7-9-4-3-5-16-9/h9,14H,1,3-5,7H2,2H3/t9-/m1/s1. The molecule has 90 valence electrons. The molecule has 1 saturated heterocycles. The van der Waals surface area contributed by atoms with Gasteiger partial charge in [0.25, 0.3) is 0 Å². The Balaban J connectivity index is 2.03. The Kier molecular flexibility index (Phi) is 3.45. The Hall–Kier alpha value is -1.80. The summed E-state index contributed by atoms with van der Waals surface area (Å²) >= 11 is 0. The first-order valence-electron chi connectivity index (χ1n) is 5.63. The molecule has 0 radical (unpaired) electrons. The Morgan fingerprint density at radius 2 is 2.53 bits per heavy atom. The molecular weight excluding hydrogens is 218 g/mol. The van der Waals surface area contributed by atoms with Gasteiger partial charge in [0, 0.05) is 18.7 Å². The predicted octanol–water partition coefficient (Wildman–Crippen LogP) is 2.17. The van der Waals surface area contributed by atoms with Gasteiger partial charge in [-0.1, -0.05) is 6.58 Å². The van der Waals surface area contributed by atoms with Gasteiger partial charge in [0.05, 0.1) is 6.10 Å². The zero-order valence-corrected chi connectivity index (χ0v) is 9.82. The van der Waals surface area contributed by atoms with Crippen LogP contribution in [0.2, 0.25) is 0 Å². The number of hydrogen-bond donors (Lipinski definition) is 1. The van der Waals surface area contributed by atoms with Gasteiger partial charge in [-0.3, -0.25) is 0 Å². The van der Waals surface area contributed by atoms with Crippen molar-refractivity contribution < 1.29 is 9.15 Å². The van der Waals surface area contributed by atoms with Crippen molar-refractivity contribution in [3.8, 4) is 6.07 Å². The molecule has 5 heteroatoms. The van der Waals surface area contributed by atoms with E-state index >= 15 is 0 Å². The summed E-state index contributed by atoms with van der Waals surface area (Å²) in [7, 11) is 0. The topological polar surface area (TPSA) is 71.1 Å². The summed E-state index contributed by atoms with van der Waals surface area (Å²) in [6.07, 6.45) is 2.32. The van der Waals surface area contributed by atoms with Crippen LogP contribution in [0.5, 0.6) is 0 Å². The van der Waals surface area contributed by atoms with E-state index in [1.54, 1.807) is 6.92 Å². The quantitative estimate of drug-likeness (QED) is 0.862. The molecule has 0 aromatic carbocycles. The second-order valence-corrected chi connectivity index (χ2v) is 4.10. The normalized spacial score (nSPS) is 18.9. The van der Waals surface area contributed by atoms with Crippen LogP contribution in [-0.2, 0) is 4.74 Å². The van der Waals surface area contributed by atoms with E-state index in [0.29, 0.717) is 23.9 Å². The highest BCUT2D eigenvalue weighted by atomic mass is 16.5. The molecule has 0 spiro atoms. The first-order valence-corrected chi connectivity index (χ1v) is 5.63. The van der Waals surface area contributed by atoms with E-state index in [1.807, 2.05) is 6.07 Å². The van der Waals surface area contributed by atoms with Crippen LogP contribution < -0.4 is 5.32 Å². The van der Waals surface area contributed by atoms with Gasteiger partial charge >= 0.3 is 0 Å². The average molecular weight is 233 g/mol. The largest absolute Gasteiger partial charge is 0.420 e. The van der Waals surface area contributed by atoms with E-state index in [-0.39, 0.29) is 11.8 Å². The number of allylic oxidation sites excluding steroid dienone is 1. The van der Waals surface area contributed by atoms with E-state index in [4.69, 9.17) is 14.4 Å². The van der Waals surface area contributed by atoms with Crippen molar-refractivity contribution in [3.05, 3.63) is 18.2 Å². The summed E-state index contributed by atoms with van der Waals surface area (Å²) < 4.78 is 10.9. The second kappa shape index (κ2) is 5.02. The van der Waals surface area contributed by atoms with Crippen molar-refractivity contribution in [2.75, 3.05) is 18.5 Å². The number of oxazole rings is 1. The molecule has 1 aromatic rings. The molecule has 1 aromatic heterocycles. The summed E-state index contributed by atoms with van der Waals surface area (Å²) in [5.41, 5.74) is 0.965. The zero-order chi connectivity index (χ0) is 12.3. The SMILES string of the molecule is C=C(C)c1nc(C#N)c(NC[C@H]2CCCO2)o1. The van der Waals surface area contributed by atoms with Crippen LogP contribution in [0.15, 0.2) is 11.0 Å². The molecule has 17 heavy (non-hydrogen) atoms. The Morgan fingerprint density at radius 3 is 3.12 bits per heavy atom. The van der Waals surface area contributed by atoms with Gasteiger partial charge < -0.3 is 14.5 Å². The molecule has 0 saturated carbocycles. The minimum atomic E-state index is 0.194. The summed E-state index contributed by atoms with van der Waals surface area (Å²) in [5.74, 6) is 0.803. The monoisotopic (exact) mass is 233 g/mol. The molecule has 1 fully saturated rings. The maximum absolute atomic E-state index is 8.93. The highest BCUT2D eigenvalue weighted by molar-refractivity contribution is 5.57. The van der Waals surface area contributed by atoms with Gasteiger partial charge in [-0.15, -0.1) is 0 Å². The fraction of sp³-hybridized carbons (Fsp3) is 0.500. The van der Waals surface area contributed by atoms with Crippen molar-refractivity contribution in [1.82, 2.24) is 4.98 Å². The molecule has 1 aliphatic rings. The molecule has 2 rings (SSSR count). The maximum Gasteiger partial charge on any atom is 0.232 e. The molecule has 1 atom stereocenters. The summed E-state index contributed by atoms with van der Waals surface area (Å²) in [6.45, 7) is 6.97. The predicted molar refractivity (Wildman–Crippen MR) is 63.4 cm³/mol. The van der Waals surface area contributed by atoms with Gasteiger partial charge in [-0.2, -0.15) is 10.2 Å². The molecule has 0 bridgehead atoms. The summed E-state index contributed by atoms with van der Waals surface area (Å²) in [5, 5.41) is 12.0. The Labute approximate surface area is 100 Å². The highest BCUT2D eigenvalue weighted by Crippen LogP contribution is 2.21. The van der Waals surface area contributed by atoms with Gasteiger partial charge in [-0.05, 0) is 19.8 Å². The molecule has 1 N–H and O–H groups in total. The van der Waals surface area contributed by atoms with Crippen molar-refractivity contribution >= 4 is 11.5 Å². The Morgan fingerprint density at radius 1 is 1.71 bits per heavy atom. The third-order valence-electron chi connectivity index (χ3n) is 2.61. The minimum absolute atomic E-state index is 0.194. The van der Waals surface area contributed by atoms with Crippen molar-refractivity contribution in [1.29, 1.82) is 5.26 Å². The van der Waals surface area contributed by atoms with Crippen LogP contribution in [0.3, 0.4) is 0 Å². The van der Waals surface area contributed by atoms with Crippen LogP contribution in [0.4, 0.5) is 5.88 Å². The molecule has 1 aliphatic heterocycles. The first-order chi connectivity index (χ1) is 8.20. The third-order valence-corrected chi connectivity index (χ3v) is 2.61. The number of anilines is 1. The highest BCUT2D eigenvalue weighted by Gasteiger charge is 2.18. The number of ether oxygens (including phenoxy) is 1. The van der Waals surface area contributed by atoms with Crippen molar-refractivity contribution in [3.63, 3.8) is 0 Å². The smallest absolute Gasteiger partial charge is 0.232 e. The lowest BCUT2D eigenvalue weighted by molar-refractivity contribution is 0.120. The molecule has 0 unspecified atom stereocenters. The molecule has 5 nitrogen and oxygen atoms in total. The zero-order valence-electron chi connectivity index (χ0n) is 9.82. The van der Waals surface area contributed by atoms with E-state index in [1.165, 1.54) is 0 Å². The Bertz CT molecular complexity index is 453. The number of nitrogens with zero attached hydrogens (tertiary/aromatic N) is 2. The number of hydrogen-bond acceptors (Lipinski definition) is 5. The van der Waals surface area contributed by atoms with Crippen molar-refractivity contribution in [2.45, 2.75) is 25.9 Å². The third kappa shape index (κ3) is 2.66. The number of aromatic nitrogens is 1. The fourth-order valence-corrected chi connectivity index (χ4v) is 1.71. The maximum atomic E-state index is 8.93. The molecule has 2 heterocycles. The van der Waals surface area contributed by atoms with E-state index < -0.39 is 0 Å². The summed E-state index contributed by atoms with van der Waals surface area (Å²) in [4.78, 5) is 4.04. The van der Waals surface area contributed by atoms with Gasteiger partial charge in [0.2, 0.25) is 17.5 Å². The summed E-state index contributed by atoms with van der Waals surface area (Å²) in [6, 6.07) is 2.00. The van der Waals surface area contributed by atoms with Crippen LogP contribution in [0.25, 0.3) is 5.57 Å². The second-order valence-electron chi connectivity index (χ2n) is 4.10. The van der Waals surface area contributed by atoms with Crippen LogP contribution in [0, 0.1) is 11.3 Å². The first kappa shape index (κ1) is 11.7. The van der Waals surface area contributed by atoms with Crippen LogP contribution >= 0.6 is 0 Å². The van der Waals surface area contributed by atoms with E-state index in [0.717, 1.165) is 19.4 Å². The minimum Gasteiger partial charge on any atom is -0.420 e. The number of rotatable bonds is 4. The lowest BCUT2D eigenvalue weighted by Crippen LogP contribution is -2.18. The van der Waals surface area contributed by atoms with Gasteiger partial charge in [0.15, 0.2) is 0 Å². The molecule has 0 aliphatic carbocycles. The van der Waals surface area contributed by atoms with Gasteiger partial charge in [-0.25, -0.2) is 0 Å².